The molecule has 0 radical (unpaired) electrons. The summed E-state index contributed by atoms with van der Waals surface area (Å²) in [7, 11) is 0. The van der Waals surface area contributed by atoms with Gasteiger partial charge in [0, 0.05) is 10.9 Å². The molecule has 3 aromatic rings. The summed E-state index contributed by atoms with van der Waals surface area (Å²) in [5.41, 5.74) is 0.681. The van der Waals surface area contributed by atoms with Gasteiger partial charge in [0.25, 0.3) is 11.4 Å². The van der Waals surface area contributed by atoms with Gasteiger partial charge in [-0.1, -0.05) is 0 Å². The number of ether oxygens (including phenoxy) is 2. The molecule has 8 nitrogen and oxygen atoms in total. The molecule has 0 saturated carbocycles. The summed E-state index contributed by atoms with van der Waals surface area (Å²) in [6.07, 6.45) is -0.713. The van der Waals surface area contributed by atoms with Gasteiger partial charge in [-0.2, -0.15) is 0 Å². The minimum absolute atomic E-state index is 0.208. The van der Waals surface area contributed by atoms with Crippen molar-refractivity contribution in [1.82, 2.24) is 15.1 Å². The monoisotopic (exact) mass is 363 g/mol. The van der Waals surface area contributed by atoms with Crippen LogP contribution >= 0.6 is 11.3 Å². The van der Waals surface area contributed by atoms with Crippen molar-refractivity contribution < 1.29 is 18.8 Å². The highest BCUT2D eigenvalue weighted by Gasteiger charge is 2.18. The molecule has 132 valence electrons. The Hall–Kier alpha value is -2.68. The smallest absolute Gasteiger partial charge is 0.344 e. The van der Waals surface area contributed by atoms with E-state index < -0.39 is 12.1 Å². The molecule has 0 fully saturated rings. The number of esters is 1. The molecule has 1 atom stereocenters. The molecule has 0 aromatic carbocycles. The number of fused-ring (bicyclic) bond motifs is 1. The van der Waals surface area contributed by atoms with Gasteiger partial charge in [0.1, 0.15) is 10.6 Å². The first-order valence-corrected chi connectivity index (χ1v) is 8.42. The van der Waals surface area contributed by atoms with Crippen LogP contribution in [-0.4, -0.2) is 27.7 Å². The van der Waals surface area contributed by atoms with E-state index in [1.54, 1.807) is 19.9 Å². The first-order valence-electron chi connectivity index (χ1n) is 7.60. The lowest BCUT2D eigenvalue weighted by molar-refractivity contribution is -0.151. The van der Waals surface area contributed by atoms with Crippen LogP contribution in [0.5, 0.6) is 5.88 Å². The van der Waals surface area contributed by atoms with E-state index >= 15 is 0 Å². The van der Waals surface area contributed by atoms with Crippen molar-refractivity contribution in [3.8, 4) is 5.88 Å². The van der Waals surface area contributed by atoms with Crippen molar-refractivity contribution in [3.05, 3.63) is 38.4 Å². The molecule has 3 heterocycles. The Morgan fingerprint density at radius 2 is 2.16 bits per heavy atom. The third-order valence-electron chi connectivity index (χ3n) is 3.69. The number of rotatable bonds is 5. The summed E-state index contributed by atoms with van der Waals surface area (Å²) < 4.78 is 15.3. The second-order valence-electron chi connectivity index (χ2n) is 5.61. The second kappa shape index (κ2) is 6.67. The molecular weight excluding hydrogens is 346 g/mol. The highest BCUT2D eigenvalue weighted by molar-refractivity contribution is 7.18. The van der Waals surface area contributed by atoms with Gasteiger partial charge in [0.2, 0.25) is 0 Å². The Balaban J connectivity index is 1.70. The molecule has 0 aliphatic rings. The lowest BCUT2D eigenvalue weighted by Crippen LogP contribution is -2.20. The average Bonchev–Trinajstić information content (AvgIpc) is 3.09. The molecule has 1 N–H and O–H groups in total. The zero-order valence-electron chi connectivity index (χ0n) is 14.2. The van der Waals surface area contributed by atoms with Crippen LogP contribution in [0.3, 0.4) is 0 Å². The van der Waals surface area contributed by atoms with E-state index in [1.165, 1.54) is 11.3 Å². The topological polar surface area (TPSA) is 107 Å². The van der Waals surface area contributed by atoms with Crippen molar-refractivity contribution in [2.45, 2.75) is 33.8 Å². The molecule has 0 bridgehead atoms. The lowest BCUT2D eigenvalue weighted by atomic mass is 10.2. The zero-order valence-corrected chi connectivity index (χ0v) is 15.0. The number of nitrogens with one attached hydrogen (secondary N) is 1. The second-order valence-corrected chi connectivity index (χ2v) is 6.81. The number of hydrogen-bond acceptors (Lipinski definition) is 8. The Labute approximate surface area is 146 Å². The molecule has 3 aromatic heterocycles. The van der Waals surface area contributed by atoms with E-state index in [2.05, 4.69) is 15.1 Å². The minimum Gasteiger partial charge on any atom is -0.463 e. The fourth-order valence-electron chi connectivity index (χ4n) is 2.30. The molecule has 0 unspecified atom stereocenters. The summed E-state index contributed by atoms with van der Waals surface area (Å²) in [6.45, 7) is 6.85. The van der Waals surface area contributed by atoms with Crippen molar-refractivity contribution in [1.29, 1.82) is 0 Å². The van der Waals surface area contributed by atoms with Gasteiger partial charge in [0.05, 0.1) is 5.39 Å². The highest BCUT2D eigenvalue weighted by Crippen LogP contribution is 2.26. The van der Waals surface area contributed by atoms with Gasteiger partial charge in [-0.3, -0.25) is 4.79 Å². The van der Waals surface area contributed by atoms with Crippen molar-refractivity contribution >= 4 is 27.5 Å². The largest absolute Gasteiger partial charge is 0.463 e. The zero-order chi connectivity index (χ0) is 18.1. The van der Waals surface area contributed by atoms with E-state index in [9.17, 15) is 9.59 Å². The number of hydrogen-bond donors (Lipinski definition) is 1. The van der Waals surface area contributed by atoms with Gasteiger partial charge in [-0.15, -0.1) is 11.3 Å². The molecule has 0 amide bonds. The quantitative estimate of drug-likeness (QED) is 0.694. The van der Waals surface area contributed by atoms with Crippen LogP contribution in [0.4, 0.5) is 0 Å². The molecule has 0 aliphatic carbocycles. The maximum Gasteiger partial charge on any atom is 0.344 e. The van der Waals surface area contributed by atoms with Gasteiger partial charge in [-0.05, 0) is 38.4 Å². The molecule has 0 spiro atoms. The van der Waals surface area contributed by atoms with E-state index in [0.29, 0.717) is 21.8 Å². The Kier molecular flexibility index (Phi) is 4.58. The normalized spacial score (nSPS) is 12.3. The number of aromatic amines is 1. The SMILES string of the molecule is Cc1cc(OCC(=O)O[C@@H](C)c2nc3sc(C)c(C)c3c(=O)[nH]2)no1. The highest BCUT2D eigenvalue weighted by atomic mass is 32.1. The third kappa shape index (κ3) is 3.55. The summed E-state index contributed by atoms with van der Waals surface area (Å²) in [4.78, 5) is 32.9. The maximum absolute atomic E-state index is 12.3. The van der Waals surface area contributed by atoms with Crippen LogP contribution < -0.4 is 10.3 Å². The van der Waals surface area contributed by atoms with Gasteiger partial charge in [-0.25, -0.2) is 9.78 Å². The van der Waals surface area contributed by atoms with E-state index in [0.717, 1.165) is 10.4 Å². The van der Waals surface area contributed by atoms with Gasteiger partial charge >= 0.3 is 5.97 Å². The summed E-state index contributed by atoms with van der Waals surface area (Å²) in [5, 5.41) is 4.20. The predicted molar refractivity (Wildman–Crippen MR) is 91.0 cm³/mol. The summed E-state index contributed by atoms with van der Waals surface area (Å²) >= 11 is 1.44. The Morgan fingerprint density at radius 1 is 1.40 bits per heavy atom. The number of aromatic nitrogens is 3. The fourth-order valence-corrected chi connectivity index (χ4v) is 3.33. The van der Waals surface area contributed by atoms with E-state index in [1.807, 2.05) is 13.8 Å². The number of nitrogens with zero attached hydrogens (tertiary/aromatic N) is 2. The van der Waals surface area contributed by atoms with Gasteiger partial charge in [0.15, 0.2) is 18.5 Å². The van der Waals surface area contributed by atoms with Crippen LogP contribution in [0.1, 0.15) is 35.1 Å². The number of thiophene rings is 1. The van der Waals surface area contributed by atoms with Crippen LogP contribution in [0.2, 0.25) is 0 Å². The van der Waals surface area contributed by atoms with Crippen LogP contribution in [0, 0.1) is 20.8 Å². The molecule has 0 saturated heterocycles. The standard InChI is InChI=1S/C16H17N3O5S/c1-7-5-11(19-24-7)22-6-12(20)23-9(3)14-17-15(21)13-8(2)10(4)25-16(13)18-14/h5,9H,6H2,1-4H3,(H,17,18,21)/t9-/m0/s1. The number of carbonyl (C=O) groups excluding carboxylic acids is 1. The van der Waals surface area contributed by atoms with Crippen LogP contribution in [0.25, 0.3) is 10.2 Å². The third-order valence-corrected chi connectivity index (χ3v) is 4.80. The maximum atomic E-state index is 12.3. The Bertz CT molecular complexity index is 987. The average molecular weight is 363 g/mol. The summed E-state index contributed by atoms with van der Waals surface area (Å²) in [6, 6.07) is 1.56. The van der Waals surface area contributed by atoms with Crippen molar-refractivity contribution in [2.75, 3.05) is 6.61 Å². The van der Waals surface area contributed by atoms with E-state index in [4.69, 9.17) is 14.0 Å². The first-order chi connectivity index (χ1) is 11.8. The van der Waals surface area contributed by atoms with Crippen LogP contribution in [0.15, 0.2) is 15.4 Å². The van der Waals surface area contributed by atoms with Crippen LogP contribution in [-0.2, 0) is 9.53 Å². The number of H-pyrrole nitrogens is 1. The molecule has 0 aliphatic heterocycles. The number of carbonyl (C=O) groups is 1. The molecule has 9 heteroatoms. The molecular formula is C16H17N3O5S. The molecule has 3 rings (SSSR count). The fraction of sp³-hybridized carbons (Fsp3) is 0.375. The first kappa shape index (κ1) is 17.2. The Morgan fingerprint density at radius 3 is 2.84 bits per heavy atom. The van der Waals surface area contributed by atoms with Crippen molar-refractivity contribution in [2.24, 2.45) is 0 Å². The van der Waals surface area contributed by atoms with E-state index in [-0.39, 0.29) is 18.0 Å². The number of aryl methyl sites for hydroxylation is 3. The lowest BCUT2D eigenvalue weighted by Gasteiger charge is -2.12. The summed E-state index contributed by atoms with van der Waals surface area (Å²) in [5.74, 6) is 0.478. The molecule has 25 heavy (non-hydrogen) atoms. The van der Waals surface area contributed by atoms with Crippen molar-refractivity contribution in [3.63, 3.8) is 0 Å². The predicted octanol–water partition coefficient (Wildman–Crippen LogP) is 2.58. The van der Waals surface area contributed by atoms with Gasteiger partial charge < -0.3 is 19.0 Å². The minimum atomic E-state index is -0.713.